The van der Waals surface area contributed by atoms with Gasteiger partial charge in [0.2, 0.25) is 0 Å². The maximum absolute atomic E-state index is 13.6. The smallest absolute Gasteiger partial charge is 0.261 e. The number of nitrogens with zero attached hydrogens (tertiary/aromatic N) is 2. The van der Waals surface area contributed by atoms with Crippen molar-refractivity contribution >= 4 is 17.5 Å². The average Bonchev–Trinajstić information content (AvgIpc) is 3.15. The Morgan fingerprint density at radius 1 is 1.00 bits per heavy atom. The zero-order valence-corrected chi connectivity index (χ0v) is 17.2. The van der Waals surface area contributed by atoms with Crippen molar-refractivity contribution in [2.24, 2.45) is 0 Å². The molecular weight excluding hydrogens is 364 g/mol. The number of carbonyl (C=O) groups excluding carboxylic acids is 2. The summed E-state index contributed by atoms with van der Waals surface area (Å²) < 4.78 is 5.79. The molecule has 2 fully saturated rings. The molecule has 0 aromatic heterocycles. The summed E-state index contributed by atoms with van der Waals surface area (Å²) in [5.74, 6) is 0.657. The van der Waals surface area contributed by atoms with E-state index in [4.69, 9.17) is 4.74 Å². The molecule has 2 heterocycles. The Hall–Kier alpha value is -2.82. The van der Waals surface area contributed by atoms with Crippen molar-refractivity contribution in [1.82, 2.24) is 4.90 Å². The van der Waals surface area contributed by atoms with E-state index in [1.54, 1.807) is 4.90 Å². The summed E-state index contributed by atoms with van der Waals surface area (Å²) in [5.41, 5.74) is 2.35. The molecule has 2 aliphatic heterocycles. The minimum atomic E-state index is -0.727. The number of rotatable bonds is 4. The maximum Gasteiger partial charge on any atom is 0.261 e. The van der Waals surface area contributed by atoms with Crippen LogP contribution in [0, 0.1) is 13.8 Å². The number of anilines is 1. The molecule has 1 unspecified atom stereocenters. The minimum absolute atomic E-state index is 0.0373. The van der Waals surface area contributed by atoms with Crippen LogP contribution in [0.3, 0.4) is 0 Å². The van der Waals surface area contributed by atoms with E-state index in [0.29, 0.717) is 18.8 Å². The highest BCUT2D eigenvalue weighted by atomic mass is 16.5. The standard InChI is InChI=1S/C24H28N2O3/c1-18-9-11-20(12-10-18)25-15-5-13-24(23(25)28)14-6-16-26(24)22(27)17-29-21-8-4-3-7-19(21)2/h3-4,7-12H,5-6,13-17H2,1-2H3. The molecule has 1 atom stereocenters. The van der Waals surface area contributed by atoms with Gasteiger partial charge in [-0.25, -0.2) is 0 Å². The third kappa shape index (κ3) is 3.61. The van der Waals surface area contributed by atoms with Crippen LogP contribution in [0.4, 0.5) is 5.69 Å². The minimum Gasteiger partial charge on any atom is -0.484 e. The van der Waals surface area contributed by atoms with Gasteiger partial charge in [-0.05, 0) is 63.3 Å². The molecule has 2 aromatic rings. The highest BCUT2D eigenvalue weighted by molar-refractivity contribution is 6.03. The van der Waals surface area contributed by atoms with Crippen LogP contribution in [0.15, 0.2) is 48.5 Å². The molecule has 29 heavy (non-hydrogen) atoms. The normalized spacial score (nSPS) is 21.7. The predicted octanol–water partition coefficient (Wildman–Crippen LogP) is 3.87. The summed E-state index contributed by atoms with van der Waals surface area (Å²) in [6.07, 6.45) is 3.19. The fourth-order valence-electron chi connectivity index (χ4n) is 4.62. The van der Waals surface area contributed by atoms with Crippen molar-refractivity contribution < 1.29 is 14.3 Å². The van der Waals surface area contributed by atoms with Gasteiger partial charge in [0.15, 0.2) is 6.61 Å². The van der Waals surface area contributed by atoms with Gasteiger partial charge in [-0.1, -0.05) is 35.9 Å². The molecule has 0 N–H and O–H groups in total. The molecule has 0 bridgehead atoms. The van der Waals surface area contributed by atoms with Gasteiger partial charge < -0.3 is 14.5 Å². The first-order valence-corrected chi connectivity index (χ1v) is 10.4. The largest absolute Gasteiger partial charge is 0.484 e. The summed E-state index contributed by atoms with van der Waals surface area (Å²) >= 11 is 0. The van der Waals surface area contributed by atoms with Gasteiger partial charge in [0, 0.05) is 18.8 Å². The zero-order valence-electron chi connectivity index (χ0n) is 17.2. The molecule has 5 heteroatoms. The third-order valence-electron chi connectivity index (χ3n) is 6.20. The molecule has 2 amide bonds. The van der Waals surface area contributed by atoms with E-state index in [0.717, 1.165) is 36.9 Å². The van der Waals surface area contributed by atoms with E-state index in [-0.39, 0.29) is 18.4 Å². The molecule has 4 rings (SSSR count). The molecule has 2 aliphatic rings. The molecule has 2 saturated heterocycles. The molecule has 5 nitrogen and oxygen atoms in total. The first kappa shape index (κ1) is 19.5. The summed E-state index contributed by atoms with van der Waals surface area (Å²) in [6.45, 7) is 5.27. The summed E-state index contributed by atoms with van der Waals surface area (Å²) in [5, 5.41) is 0. The van der Waals surface area contributed by atoms with Crippen molar-refractivity contribution in [2.75, 3.05) is 24.6 Å². The third-order valence-corrected chi connectivity index (χ3v) is 6.20. The number of para-hydroxylation sites is 1. The lowest BCUT2D eigenvalue weighted by Crippen LogP contribution is -2.62. The van der Waals surface area contributed by atoms with Crippen LogP contribution in [0.5, 0.6) is 5.75 Å². The van der Waals surface area contributed by atoms with Crippen LogP contribution in [0.25, 0.3) is 0 Å². The van der Waals surface area contributed by atoms with Gasteiger partial charge in [0.1, 0.15) is 11.3 Å². The lowest BCUT2D eigenvalue weighted by atomic mass is 9.85. The van der Waals surface area contributed by atoms with Gasteiger partial charge in [-0.15, -0.1) is 0 Å². The van der Waals surface area contributed by atoms with Crippen molar-refractivity contribution in [2.45, 2.75) is 45.1 Å². The Morgan fingerprint density at radius 3 is 2.41 bits per heavy atom. The number of hydrogen-bond acceptors (Lipinski definition) is 3. The van der Waals surface area contributed by atoms with Crippen molar-refractivity contribution in [3.63, 3.8) is 0 Å². The van der Waals surface area contributed by atoms with Gasteiger partial charge in [0.05, 0.1) is 0 Å². The van der Waals surface area contributed by atoms with E-state index < -0.39 is 5.54 Å². The van der Waals surface area contributed by atoms with E-state index in [1.807, 2.05) is 67.3 Å². The van der Waals surface area contributed by atoms with Crippen molar-refractivity contribution in [3.05, 3.63) is 59.7 Å². The Kier molecular flexibility index (Phi) is 5.31. The van der Waals surface area contributed by atoms with Gasteiger partial charge >= 0.3 is 0 Å². The zero-order chi connectivity index (χ0) is 20.4. The number of hydrogen-bond donors (Lipinski definition) is 0. The summed E-state index contributed by atoms with van der Waals surface area (Å²) in [7, 11) is 0. The molecule has 2 aromatic carbocycles. The lowest BCUT2D eigenvalue weighted by Gasteiger charge is -2.44. The monoisotopic (exact) mass is 392 g/mol. The Balaban J connectivity index is 1.52. The Bertz CT molecular complexity index is 909. The van der Waals surface area contributed by atoms with Crippen LogP contribution in [0.2, 0.25) is 0 Å². The average molecular weight is 392 g/mol. The second kappa shape index (κ2) is 7.90. The van der Waals surface area contributed by atoms with E-state index >= 15 is 0 Å². The lowest BCUT2D eigenvalue weighted by molar-refractivity contribution is -0.146. The van der Waals surface area contributed by atoms with Crippen LogP contribution in [0.1, 0.15) is 36.8 Å². The summed E-state index contributed by atoms with van der Waals surface area (Å²) in [6, 6.07) is 15.7. The van der Waals surface area contributed by atoms with Crippen LogP contribution < -0.4 is 9.64 Å². The molecular formula is C24H28N2O3. The number of ether oxygens (including phenoxy) is 1. The molecule has 0 saturated carbocycles. The first-order valence-electron chi connectivity index (χ1n) is 10.4. The number of piperidine rings is 1. The number of aryl methyl sites for hydroxylation is 2. The fraction of sp³-hybridized carbons (Fsp3) is 0.417. The van der Waals surface area contributed by atoms with Gasteiger partial charge in [-0.2, -0.15) is 0 Å². The Morgan fingerprint density at radius 2 is 1.69 bits per heavy atom. The number of carbonyl (C=O) groups is 2. The van der Waals surface area contributed by atoms with Crippen molar-refractivity contribution in [1.29, 1.82) is 0 Å². The van der Waals surface area contributed by atoms with E-state index in [9.17, 15) is 9.59 Å². The SMILES string of the molecule is Cc1ccc(N2CCCC3(CCCN3C(=O)COc3ccccc3C)C2=O)cc1. The second-order valence-corrected chi connectivity index (χ2v) is 8.13. The molecule has 0 aliphatic carbocycles. The molecule has 1 spiro atoms. The number of benzene rings is 2. The fourth-order valence-corrected chi connectivity index (χ4v) is 4.62. The van der Waals surface area contributed by atoms with E-state index in [1.165, 1.54) is 5.56 Å². The Labute approximate surface area is 172 Å². The van der Waals surface area contributed by atoms with Crippen LogP contribution in [-0.4, -0.2) is 41.9 Å². The highest BCUT2D eigenvalue weighted by Crippen LogP contribution is 2.39. The molecule has 0 radical (unpaired) electrons. The second-order valence-electron chi connectivity index (χ2n) is 8.13. The highest BCUT2D eigenvalue weighted by Gasteiger charge is 2.52. The van der Waals surface area contributed by atoms with Gasteiger partial charge in [-0.3, -0.25) is 9.59 Å². The molecule has 152 valence electrons. The van der Waals surface area contributed by atoms with Crippen LogP contribution in [-0.2, 0) is 9.59 Å². The predicted molar refractivity (Wildman–Crippen MR) is 113 cm³/mol. The topological polar surface area (TPSA) is 49.9 Å². The van der Waals surface area contributed by atoms with Crippen LogP contribution >= 0.6 is 0 Å². The number of likely N-dealkylation sites (tertiary alicyclic amines) is 1. The quantitative estimate of drug-likeness (QED) is 0.794. The van der Waals surface area contributed by atoms with Crippen molar-refractivity contribution in [3.8, 4) is 5.75 Å². The maximum atomic E-state index is 13.6. The van der Waals surface area contributed by atoms with E-state index in [2.05, 4.69) is 0 Å². The van der Waals surface area contributed by atoms with Gasteiger partial charge in [0.25, 0.3) is 11.8 Å². The first-order chi connectivity index (χ1) is 14.0. The summed E-state index contributed by atoms with van der Waals surface area (Å²) in [4.78, 5) is 30.3. The number of amides is 2.